The van der Waals surface area contributed by atoms with Crippen LogP contribution in [0.5, 0.6) is 0 Å². The number of carbonyl (C=O) groups excluding carboxylic acids is 1. The van der Waals surface area contributed by atoms with E-state index in [2.05, 4.69) is 22.5 Å². The quantitative estimate of drug-likeness (QED) is 0.740. The Bertz CT molecular complexity index is 832. The van der Waals surface area contributed by atoms with E-state index in [1.807, 2.05) is 62.4 Å². The summed E-state index contributed by atoms with van der Waals surface area (Å²) in [5.74, 6) is -0.594. The number of nitrogens with one attached hydrogen (secondary N) is 3. The van der Waals surface area contributed by atoms with Gasteiger partial charge in [0.15, 0.2) is 5.11 Å². The largest absolute Gasteiger partial charge is 0.354 e. The van der Waals surface area contributed by atoms with Crippen LogP contribution in [0.2, 0.25) is 0 Å². The molecule has 0 aromatic heterocycles. The van der Waals surface area contributed by atoms with Crippen LogP contribution in [0.1, 0.15) is 22.7 Å². The number of rotatable bonds is 3. The van der Waals surface area contributed by atoms with Crippen LogP contribution in [-0.4, -0.2) is 11.0 Å². The van der Waals surface area contributed by atoms with Crippen molar-refractivity contribution in [3.63, 3.8) is 0 Å². The molecule has 2 aromatic rings. The van der Waals surface area contributed by atoms with Crippen molar-refractivity contribution < 1.29 is 4.79 Å². The van der Waals surface area contributed by atoms with Crippen LogP contribution in [-0.2, 0) is 4.79 Å². The highest BCUT2D eigenvalue weighted by Crippen LogP contribution is 2.30. The number of carbonyl (C=O) groups is 1. The van der Waals surface area contributed by atoms with Gasteiger partial charge in [-0.15, -0.1) is 0 Å². The van der Waals surface area contributed by atoms with E-state index in [1.54, 1.807) is 0 Å². The van der Waals surface area contributed by atoms with E-state index in [9.17, 15) is 4.79 Å². The lowest BCUT2D eigenvalue weighted by atomic mass is 9.88. The Balaban J connectivity index is 1.89. The van der Waals surface area contributed by atoms with Crippen LogP contribution in [0.15, 0.2) is 60.8 Å². The summed E-state index contributed by atoms with van der Waals surface area (Å²) in [6.45, 7) is 8.04. The number of anilines is 1. The second-order valence-electron chi connectivity index (χ2n) is 6.30. The predicted molar refractivity (Wildman–Crippen MR) is 105 cm³/mol. The smallest absolute Gasteiger partial charge is 0.235 e. The zero-order chi connectivity index (χ0) is 18.0. The molecule has 25 heavy (non-hydrogen) atoms. The summed E-state index contributed by atoms with van der Waals surface area (Å²) in [7, 11) is 0. The second-order valence-corrected chi connectivity index (χ2v) is 6.71. The SMILES string of the molecule is C=C1NC(=S)N[C@@H](c2ccccc2)[C@H]1C(=O)Nc1ccc(C)cc1C. The average molecular weight is 351 g/mol. The van der Waals surface area contributed by atoms with E-state index in [0.717, 1.165) is 22.4 Å². The summed E-state index contributed by atoms with van der Waals surface area (Å²) in [6.07, 6.45) is 0. The van der Waals surface area contributed by atoms with Crippen LogP contribution >= 0.6 is 12.2 Å². The summed E-state index contributed by atoms with van der Waals surface area (Å²) < 4.78 is 0. The van der Waals surface area contributed by atoms with Gasteiger partial charge in [0.1, 0.15) is 5.92 Å². The normalized spacial score (nSPS) is 19.8. The van der Waals surface area contributed by atoms with Gasteiger partial charge in [0, 0.05) is 11.4 Å². The number of aryl methyl sites for hydroxylation is 2. The summed E-state index contributed by atoms with van der Waals surface area (Å²) in [5, 5.41) is 9.70. The molecule has 0 radical (unpaired) electrons. The second kappa shape index (κ2) is 7.07. The van der Waals surface area contributed by atoms with Gasteiger partial charge >= 0.3 is 0 Å². The Kier molecular flexibility index (Phi) is 4.86. The lowest BCUT2D eigenvalue weighted by Crippen LogP contribution is -2.51. The topological polar surface area (TPSA) is 53.2 Å². The predicted octanol–water partition coefficient (Wildman–Crippen LogP) is 3.59. The number of thiocarbonyl (C=S) groups is 1. The first kappa shape index (κ1) is 17.2. The summed E-state index contributed by atoms with van der Waals surface area (Å²) >= 11 is 5.25. The first-order valence-corrected chi connectivity index (χ1v) is 8.56. The maximum atomic E-state index is 13.0. The van der Waals surface area contributed by atoms with Crippen LogP contribution < -0.4 is 16.0 Å². The van der Waals surface area contributed by atoms with Gasteiger partial charge in [0.05, 0.1) is 6.04 Å². The fourth-order valence-corrected chi connectivity index (χ4v) is 3.35. The number of amides is 1. The zero-order valence-corrected chi connectivity index (χ0v) is 15.1. The first-order valence-electron chi connectivity index (χ1n) is 8.15. The molecule has 2 atom stereocenters. The molecule has 0 aliphatic carbocycles. The van der Waals surface area contributed by atoms with Crippen LogP contribution in [0.4, 0.5) is 5.69 Å². The van der Waals surface area contributed by atoms with E-state index >= 15 is 0 Å². The minimum atomic E-state index is -0.477. The Morgan fingerprint density at radius 3 is 2.56 bits per heavy atom. The highest BCUT2D eigenvalue weighted by atomic mass is 32.1. The summed E-state index contributed by atoms with van der Waals surface area (Å²) in [6, 6.07) is 15.5. The van der Waals surface area contributed by atoms with E-state index in [0.29, 0.717) is 10.8 Å². The van der Waals surface area contributed by atoms with Gasteiger partial charge in [-0.05, 0) is 43.3 Å². The Morgan fingerprint density at radius 1 is 1.16 bits per heavy atom. The Labute approximate surface area is 153 Å². The van der Waals surface area contributed by atoms with Crippen LogP contribution in [0.3, 0.4) is 0 Å². The zero-order valence-electron chi connectivity index (χ0n) is 14.3. The molecule has 4 nitrogen and oxygen atoms in total. The van der Waals surface area contributed by atoms with Crippen molar-refractivity contribution in [2.24, 2.45) is 5.92 Å². The third-order valence-corrected chi connectivity index (χ3v) is 4.57. The molecule has 1 aliphatic rings. The van der Waals surface area contributed by atoms with Crippen molar-refractivity contribution >= 4 is 28.9 Å². The number of benzene rings is 2. The van der Waals surface area contributed by atoms with E-state index in [4.69, 9.17) is 12.2 Å². The molecule has 3 N–H and O–H groups in total. The van der Waals surface area contributed by atoms with Gasteiger partial charge in [0.2, 0.25) is 5.91 Å². The lowest BCUT2D eigenvalue weighted by molar-refractivity contribution is -0.119. The molecule has 0 spiro atoms. The maximum absolute atomic E-state index is 13.0. The fourth-order valence-electron chi connectivity index (χ4n) is 3.10. The van der Waals surface area contributed by atoms with Gasteiger partial charge < -0.3 is 16.0 Å². The summed E-state index contributed by atoms with van der Waals surface area (Å²) in [4.78, 5) is 13.0. The monoisotopic (exact) mass is 351 g/mol. The number of hydrogen-bond acceptors (Lipinski definition) is 2. The highest BCUT2D eigenvalue weighted by molar-refractivity contribution is 7.80. The molecule has 1 heterocycles. The molecule has 5 heteroatoms. The molecule has 1 aliphatic heterocycles. The molecule has 128 valence electrons. The van der Waals surface area contributed by atoms with E-state index in [1.165, 1.54) is 0 Å². The molecule has 0 bridgehead atoms. The average Bonchev–Trinajstić information content (AvgIpc) is 2.57. The molecule has 1 amide bonds. The van der Waals surface area contributed by atoms with E-state index in [-0.39, 0.29) is 11.9 Å². The molecule has 0 unspecified atom stereocenters. The molecule has 3 rings (SSSR count). The molecule has 1 saturated heterocycles. The lowest BCUT2D eigenvalue weighted by Gasteiger charge is -2.35. The van der Waals surface area contributed by atoms with Crippen molar-refractivity contribution in [1.29, 1.82) is 0 Å². The number of hydrogen-bond donors (Lipinski definition) is 3. The van der Waals surface area contributed by atoms with E-state index < -0.39 is 5.92 Å². The van der Waals surface area contributed by atoms with Crippen molar-refractivity contribution in [3.8, 4) is 0 Å². The maximum Gasteiger partial charge on any atom is 0.235 e. The van der Waals surface area contributed by atoms with Crippen LogP contribution in [0, 0.1) is 19.8 Å². The Hall–Kier alpha value is -2.66. The van der Waals surface area contributed by atoms with Crippen LogP contribution in [0.25, 0.3) is 0 Å². The molecule has 2 aromatic carbocycles. The van der Waals surface area contributed by atoms with Crippen molar-refractivity contribution in [2.45, 2.75) is 19.9 Å². The third kappa shape index (κ3) is 3.72. The minimum absolute atomic E-state index is 0.117. The minimum Gasteiger partial charge on any atom is -0.354 e. The standard InChI is InChI=1S/C20H21N3OS/c1-12-9-10-16(13(2)11-12)22-19(24)17-14(3)21-20(25)23-18(17)15-7-5-4-6-8-15/h4-11,17-18H,3H2,1-2H3,(H,22,24)(H2,21,23,25)/t17-,18-/m0/s1. The van der Waals surface area contributed by atoms with Gasteiger partial charge in [0.25, 0.3) is 0 Å². The first-order chi connectivity index (χ1) is 12.0. The van der Waals surface area contributed by atoms with Crippen molar-refractivity contribution in [1.82, 2.24) is 10.6 Å². The molecular weight excluding hydrogens is 330 g/mol. The van der Waals surface area contributed by atoms with Crippen molar-refractivity contribution in [2.75, 3.05) is 5.32 Å². The third-order valence-electron chi connectivity index (χ3n) is 4.35. The highest BCUT2D eigenvalue weighted by Gasteiger charge is 2.36. The fraction of sp³-hybridized carbons (Fsp3) is 0.200. The van der Waals surface area contributed by atoms with Gasteiger partial charge in [-0.2, -0.15) is 0 Å². The van der Waals surface area contributed by atoms with Crippen molar-refractivity contribution in [3.05, 3.63) is 77.5 Å². The molecular formula is C20H21N3OS. The Morgan fingerprint density at radius 2 is 1.88 bits per heavy atom. The van der Waals surface area contributed by atoms with Gasteiger partial charge in [-0.3, -0.25) is 4.79 Å². The summed E-state index contributed by atoms with van der Waals surface area (Å²) in [5.41, 5.74) is 4.59. The van der Waals surface area contributed by atoms with Gasteiger partial charge in [-0.1, -0.05) is 54.6 Å². The molecule has 0 saturated carbocycles. The molecule has 1 fully saturated rings. The van der Waals surface area contributed by atoms with Gasteiger partial charge in [-0.25, -0.2) is 0 Å².